The SMILES string of the molecule is COC1=C(C(=O)Nc2ncc(-c3ccc([N+](=O)[O-])[nH]3)[nH]2)N(C)S(=O)(=O)c2ccccc21. The van der Waals surface area contributed by atoms with Crippen molar-refractivity contribution in [2.45, 2.75) is 4.90 Å². The Kier molecular flexibility index (Phi) is 4.74. The van der Waals surface area contributed by atoms with E-state index in [2.05, 4.69) is 20.3 Å². The Morgan fingerprint density at radius 1 is 1.19 bits per heavy atom. The van der Waals surface area contributed by atoms with Crippen molar-refractivity contribution in [2.75, 3.05) is 19.5 Å². The molecule has 13 heteroatoms. The lowest BCUT2D eigenvalue weighted by Gasteiger charge is -2.29. The third kappa shape index (κ3) is 3.30. The smallest absolute Gasteiger partial charge is 0.321 e. The highest BCUT2D eigenvalue weighted by Gasteiger charge is 2.38. The summed E-state index contributed by atoms with van der Waals surface area (Å²) in [5.74, 6) is -0.851. The Hall–Kier alpha value is -4.13. The number of sulfonamides is 1. The molecule has 0 spiro atoms. The number of nitro groups is 1. The van der Waals surface area contributed by atoms with E-state index in [9.17, 15) is 23.3 Å². The van der Waals surface area contributed by atoms with E-state index in [1.54, 1.807) is 18.2 Å². The predicted molar refractivity (Wildman–Crippen MR) is 109 cm³/mol. The van der Waals surface area contributed by atoms with Crippen LogP contribution in [0.3, 0.4) is 0 Å². The lowest BCUT2D eigenvalue weighted by molar-refractivity contribution is -0.389. The Morgan fingerprint density at radius 3 is 2.61 bits per heavy atom. The van der Waals surface area contributed by atoms with Gasteiger partial charge in [-0.1, -0.05) is 12.1 Å². The maximum atomic E-state index is 13.0. The second kappa shape index (κ2) is 7.28. The number of nitrogens with zero attached hydrogens (tertiary/aromatic N) is 3. The average Bonchev–Trinajstić information content (AvgIpc) is 3.40. The number of amides is 1. The molecule has 3 aromatic rings. The van der Waals surface area contributed by atoms with Crippen molar-refractivity contribution < 1.29 is 22.9 Å². The normalized spacial score (nSPS) is 14.8. The van der Waals surface area contributed by atoms with Crippen LogP contribution >= 0.6 is 0 Å². The van der Waals surface area contributed by atoms with Crippen molar-refractivity contribution in [3.05, 3.63) is 64.0 Å². The molecule has 3 heterocycles. The highest BCUT2D eigenvalue weighted by molar-refractivity contribution is 7.89. The number of anilines is 1. The molecule has 1 aliphatic rings. The molecule has 2 aromatic heterocycles. The molecular formula is C18H16N6O6S. The lowest BCUT2D eigenvalue weighted by atomic mass is 10.1. The van der Waals surface area contributed by atoms with E-state index >= 15 is 0 Å². The Balaban J connectivity index is 1.67. The van der Waals surface area contributed by atoms with Crippen LogP contribution in [0.25, 0.3) is 17.1 Å². The van der Waals surface area contributed by atoms with Gasteiger partial charge in [0.15, 0.2) is 17.2 Å². The fourth-order valence-electron chi connectivity index (χ4n) is 3.21. The standard InChI is InChI=1S/C18H16N6O6S/c1-23-15(16(30-2)10-5-3-4-6-13(10)31(23,28)29)17(25)22-18-19-9-12(21-18)11-7-8-14(20-11)24(26)27/h3-9,20H,1-2H3,(H2,19,21,22,25). The number of methoxy groups -OCH3 is 1. The van der Waals surface area contributed by atoms with Gasteiger partial charge in [-0.05, 0) is 23.1 Å². The average molecular weight is 444 g/mol. The van der Waals surface area contributed by atoms with E-state index < -0.39 is 20.9 Å². The zero-order valence-corrected chi connectivity index (χ0v) is 17.1. The number of ether oxygens (including phenoxy) is 1. The van der Waals surface area contributed by atoms with E-state index in [0.717, 1.165) is 4.31 Å². The Morgan fingerprint density at radius 2 is 1.94 bits per heavy atom. The van der Waals surface area contributed by atoms with Crippen molar-refractivity contribution in [1.29, 1.82) is 0 Å². The summed E-state index contributed by atoms with van der Waals surface area (Å²) in [7, 11) is -1.36. The number of carbonyl (C=O) groups excluding carboxylic acids is 1. The van der Waals surface area contributed by atoms with Crippen LogP contribution in [-0.2, 0) is 19.6 Å². The minimum Gasteiger partial charge on any atom is -0.494 e. The molecule has 160 valence electrons. The molecular weight excluding hydrogens is 428 g/mol. The van der Waals surface area contributed by atoms with Gasteiger partial charge in [0.25, 0.3) is 15.9 Å². The molecule has 0 aliphatic carbocycles. The highest BCUT2D eigenvalue weighted by Crippen LogP contribution is 2.36. The van der Waals surface area contributed by atoms with Crippen molar-refractivity contribution >= 4 is 33.5 Å². The first kappa shape index (κ1) is 20.2. The van der Waals surface area contributed by atoms with Gasteiger partial charge in [-0.15, -0.1) is 0 Å². The van der Waals surface area contributed by atoms with Crippen LogP contribution in [0, 0.1) is 10.1 Å². The summed E-state index contributed by atoms with van der Waals surface area (Å²) in [5, 5.41) is 13.3. The van der Waals surface area contributed by atoms with Gasteiger partial charge in [0, 0.05) is 18.7 Å². The molecule has 31 heavy (non-hydrogen) atoms. The first-order chi connectivity index (χ1) is 14.7. The Labute approximate surface area is 175 Å². The van der Waals surface area contributed by atoms with Crippen LogP contribution in [0.4, 0.5) is 11.8 Å². The van der Waals surface area contributed by atoms with Gasteiger partial charge in [0.05, 0.1) is 18.2 Å². The lowest BCUT2D eigenvalue weighted by Crippen LogP contribution is -2.37. The molecule has 3 N–H and O–H groups in total. The van der Waals surface area contributed by atoms with Crippen molar-refractivity contribution in [3.8, 4) is 11.4 Å². The van der Waals surface area contributed by atoms with Gasteiger partial charge in [0.1, 0.15) is 5.69 Å². The number of likely N-dealkylation sites (N-methyl/N-ethyl adjacent to an activating group) is 1. The zero-order valence-electron chi connectivity index (χ0n) is 16.2. The van der Waals surface area contributed by atoms with E-state index in [1.807, 2.05) is 0 Å². The summed E-state index contributed by atoms with van der Waals surface area (Å²) in [6, 6.07) is 8.99. The number of hydrogen-bond donors (Lipinski definition) is 3. The second-order valence-corrected chi connectivity index (χ2v) is 8.40. The number of H-pyrrole nitrogens is 2. The molecule has 1 aliphatic heterocycles. The topological polar surface area (TPSA) is 163 Å². The highest BCUT2D eigenvalue weighted by atomic mass is 32.2. The van der Waals surface area contributed by atoms with Crippen LogP contribution in [0.2, 0.25) is 0 Å². The third-order valence-corrected chi connectivity index (χ3v) is 6.50. The maximum absolute atomic E-state index is 13.0. The molecule has 0 saturated carbocycles. The summed E-state index contributed by atoms with van der Waals surface area (Å²) in [4.78, 5) is 32.7. The molecule has 1 aromatic carbocycles. The number of aromatic nitrogens is 3. The molecule has 1 amide bonds. The number of rotatable bonds is 5. The second-order valence-electron chi connectivity index (χ2n) is 6.46. The summed E-state index contributed by atoms with van der Waals surface area (Å²) in [5.41, 5.74) is 0.837. The summed E-state index contributed by atoms with van der Waals surface area (Å²) < 4.78 is 31.9. The van der Waals surface area contributed by atoms with E-state index in [4.69, 9.17) is 4.74 Å². The molecule has 4 rings (SSSR count). The fourth-order valence-corrected chi connectivity index (χ4v) is 4.60. The van der Waals surface area contributed by atoms with Crippen LogP contribution in [0.15, 0.2) is 53.2 Å². The number of benzene rings is 1. The molecule has 0 bridgehead atoms. The largest absolute Gasteiger partial charge is 0.494 e. The van der Waals surface area contributed by atoms with Gasteiger partial charge in [0.2, 0.25) is 5.95 Å². The van der Waals surface area contributed by atoms with Gasteiger partial charge in [-0.25, -0.2) is 18.4 Å². The minimum atomic E-state index is -3.96. The first-order valence-electron chi connectivity index (χ1n) is 8.80. The summed E-state index contributed by atoms with van der Waals surface area (Å²) in [6.07, 6.45) is 1.37. The third-order valence-electron chi connectivity index (χ3n) is 4.68. The molecule has 0 unspecified atom stereocenters. The van der Waals surface area contributed by atoms with Crippen molar-refractivity contribution in [3.63, 3.8) is 0 Å². The van der Waals surface area contributed by atoms with Crippen molar-refractivity contribution in [1.82, 2.24) is 19.3 Å². The predicted octanol–water partition coefficient (Wildman–Crippen LogP) is 1.90. The van der Waals surface area contributed by atoms with Crippen molar-refractivity contribution in [2.24, 2.45) is 0 Å². The maximum Gasteiger partial charge on any atom is 0.321 e. The number of carbonyl (C=O) groups is 1. The van der Waals surface area contributed by atoms with E-state index in [-0.39, 0.29) is 33.7 Å². The number of nitrogens with one attached hydrogen (secondary N) is 3. The number of aromatic amines is 2. The molecule has 0 atom stereocenters. The summed E-state index contributed by atoms with van der Waals surface area (Å²) in [6.45, 7) is 0. The number of fused-ring (bicyclic) bond motifs is 1. The van der Waals surface area contributed by atoms with Gasteiger partial charge in [-0.3, -0.25) is 14.4 Å². The number of imidazole rings is 1. The minimum absolute atomic E-state index is 0.0184. The molecule has 0 fully saturated rings. The van der Waals surface area contributed by atoms with E-state index in [1.165, 1.54) is 38.6 Å². The van der Waals surface area contributed by atoms with Gasteiger partial charge >= 0.3 is 5.82 Å². The monoisotopic (exact) mass is 444 g/mol. The van der Waals surface area contributed by atoms with Crippen LogP contribution < -0.4 is 5.32 Å². The van der Waals surface area contributed by atoms with Crippen LogP contribution in [0.5, 0.6) is 0 Å². The van der Waals surface area contributed by atoms with Crippen LogP contribution in [0.1, 0.15) is 5.56 Å². The molecule has 0 saturated heterocycles. The number of hydrogen-bond acceptors (Lipinski definition) is 7. The Bertz CT molecular complexity index is 1340. The van der Waals surface area contributed by atoms with E-state index in [0.29, 0.717) is 11.4 Å². The van der Waals surface area contributed by atoms with Gasteiger partial charge in [-0.2, -0.15) is 0 Å². The van der Waals surface area contributed by atoms with Crippen LogP contribution in [-0.4, -0.2) is 52.7 Å². The first-order valence-corrected chi connectivity index (χ1v) is 10.2. The van der Waals surface area contributed by atoms with Gasteiger partial charge < -0.3 is 19.8 Å². The molecule has 0 radical (unpaired) electrons. The fraction of sp³-hybridized carbons (Fsp3) is 0.111. The zero-order chi connectivity index (χ0) is 22.3. The quantitative estimate of drug-likeness (QED) is 0.399. The molecule has 12 nitrogen and oxygen atoms in total. The summed E-state index contributed by atoms with van der Waals surface area (Å²) >= 11 is 0.